The number of carbonyl (C=O) groups excluding carboxylic acids is 1. The van der Waals surface area contributed by atoms with Gasteiger partial charge in [-0.2, -0.15) is 16.1 Å². The zero-order chi connectivity index (χ0) is 15.5. The van der Waals surface area contributed by atoms with Crippen molar-refractivity contribution in [3.05, 3.63) is 16.3 Å². The summed E-state index contributed by atoms with van der Waals surface area (Å²) in [6, 6.07) is 1.31. The first-order chi connectivity index (χ1) is 9.96. The molecule has 118 valence electrons. The Morgan fingerprint density at radius 2 is 2.14 bits per heavy atom. The van der Waals surface area contributed by atoms with Gasteiger partial charge in [-0.15, -0.1) is 11.3 Å². The summed E-state index contributed by atoms with van der Waals surface area (Å²) in [5.41, 5.74) is 5.47. The van der Waals surface area contributed by atoms with E-state index in [1.807, 2.05) is 0 Å². The maximum atomic E-state index is 12.6. The summed E-state index contributed by atoms with van der Waals surface area (Å²) in [4.78, 5) is 12.5. The van der Waals surface area contributed by atoms with Crippen LogP contribution in [-0.2, 0) is 10.0 Å². The standard InChI is InChI=1S/C12H19N3O3S3/c1-9(8-13)14-12(16)11-10(2-5-20-11)21(17,18)15-3-6-19-7-4-15/h2,5,9H,3-4,6-8,13H2,1H3,(H,14,16)/t9-/m0/s1. The quantitative estimate of drug-likeness (QED) is 0.810. The van der Waals surface area contributed by atoms with Gasteiger partial charge in [-0.3, -0.25) is 4.79 Å². The Hall–Kier alpha value is -0.610. The summed E-state index contributed by atoms with van der Waals surface area (Å²) in [6.45, 7) is 3.07. The van der Waals surface area contributed by atoms with Gasteiger partial charge in [-0.1, -0.05) is 0 Å². The van der Waals surface area contributed by atoms with Crippen LogP contribution >= 0.6 is 23.1 Å². The van der Waals surface area contributed by atoms with Crippen LogP contribution in [-0.4, -0.2) is 55.8 Å². The molecule has 0 radical (unpaired) electrons. The summed E-state index contributed by atoms with van der Waals surface area (Å²) in [5, 5.41) is 4.34. The molecule has 0 bridgehead atoms. The minimum absolute atomic E-state index is 0.0983. The Morgan fingerprint density at radius 3 is 2.76 bits per heavy atom. The fourth-order valence-corrected chi connectivity index (χ4v) is 5.82. The fourth-order valence-electron chi connectivity index (χ4n) is 1.94. The van der Waals surface area contributed by atoms with Crippen molar-refractivity contribution in [2.75, 3.05) is 31.1 Å². The largest absolute Gasteiger partial charge is 0.348 e. The monoisotopic (exact) mass is 349 g/mol. The molecule has 9 heteroatoms. The van der Waals surface area contributed by atoms with Gasteiger partial charge in [0.1, 0.15) is 9.77 Å². The third-order valence-corrected chi connectivity index (χ3v) is 7.08. The SMILES string of the molecule is C[C@@H](CN)NC(=O)c1sccc1S(=O)(=O)N1CCSCC1. The van der Waals surface area contributed by atoms with Crippen molar-refractivity contribution in [1.29, 1.82) is 0 Å². The summed E-state index contributed by atoms with van der Waals surface area (Å²) < 4.78 is 26.7. The van der Waals surface area contributed by atoms with Crippen molar-refractivity contribution >= 4 is 39.0 Å². The Bertz CT molecular complexity index is 594. The molecule has 1 aromatic heterocycles. The average Bonchev–Trinajstić information content (AvgIpc) is 2.98. The molecule has 2 heterocycles. The molecule has 1 saturated heterocycles. The van der Waals surface area contributed by atoms with Gasteiger partial charge in [0, 0.05) is 37.2 Å². The van der Waals surface area contributed by atoms with Gasteiger partial charge >= 0.3 is 0 Å². The normalized spacial score (nSPS) is 18.4. The van der Waals surface area contributed by atoms with Gasteiger partial charge in [0.25, 0.3) is 5.91 Å². The molecular formula is C12H19N3O3S3. The zero-order valence-electron chi connectivity index (χ0n) is 11.7. The van der Waals surface area contributed by atoms with E-state index in [9.17, 15) is 13.2 Å². The molecule has 0 saturated carbocycles. The van der Waals surface area contributed by atoms with Gasteiger partial charge < -0.3 is 11.1 Å². The number of hydrogen-bond donors (Lipinski definition) is 2. The number of thiophene rings is 1. The minimum atomic E-state index is -3.60. The minimum Gasteiger partial charge on any atom is -0.348 e. The summed E-state index contributed by atoms with van der Waals surface area (Å²) >= 11 is 2.87. The number of hydrogen-bond acceptors (Lipinski definition) is 6. The summed E-state index contributed by atoms with van der Waals surface area (Å²) in [6.07, 6.45) is 0. The molecule has 6 nitrogen and oxygen atoms in total. The van der Waals surface area contributed by atoms with Crippen LogP contribution in [0.3, 0.4) is 0 Å². The highest BCUT2D eigenvalue weighted by Crippen LogP contribution is 2.27. The smallest absolute Gasteiger partial charge is 0.263 e. The van der Waals surface area contributed by atoms with Crippen LogP contribution in [0.25, 0.3) is 0 Å². The first-order valence-corrected chi connectivity index (χ1v) is 10.1. The van der Waals surface area contributed by atoms with Crippen LogP contribution < -0.4 is 11.1 Å². The van der Waals surface area contributed by atoms with Crippen LogP contribution in [0.5, 0.6) is 0 Å². The van der Waals surface area contributed by atoms with Crippen molar-refractivity contribution in [2.45, 2.75) is 17.9 Å². The lowest BCUT2D eigenvalue weighted by molar-refractivity contribution is 0.0942. The Morgan fingerprint density at radius 1 is 1.48 bits per heavy atom. The summed E-state index contributed by atoms with van der Waals surface area (Å²) in [5.74, 6) is 1.19. The number of nitrogens with zero attached hydrogens (tertiary/aromatic N) is 1. The number of nitrogens with one attached hydrogen (secondary N) is 1. The third-order valence-electron chi connectivity index (χ3n) is 3.15. The zero-order valence-corrected chi connectivity index (χ0v) is 14.2. The van der Waals surface area contributed by atoms with E-state index in [2.05, 4.69) is 5.32 Å². The van der Waals surface area contributed by atoms with Crippen LogP contribution in [0.2, 0.25) is 0 Å². The van der Waals surface area contributed by atoms with E-state index >= 15 is 0 Å². The van der Waals surface area contributed by atoms with Gasteiger partial charge in [-0.25, -0.2) is 8.42 Å². The fraction of sp³-hybridized carbons (Fsp3) is 0.583. The van der Waals surface area contributed by atoms with Crippen molar-refractivity contribution in [1.82, 2.24) is 9.62 Å². The second-order valence-electron chi connectivity index (χ2n) is 4.74. The Labute approximate surface area is 133 Å². The number of rotatable bonds is 5. The molecule has 1 aromatic rings. The highest BCUT2D eigenvalue weighted by molar-refractivity contribution is 7.99. The molecule has 0 aliphatic carbocycles. The van der Waals surface area contributed by atoms with Crippen LogP contribution in [0.15, 0.2) is 16.3 Å². The predicted octanol–water partition coefficient (Wildman–Crippen LogP) is 0.563. The molecule has 1 fully saturated rings. The van der Waals surface area contributed by atoms with E-state index < -0.39 is 10.0 Å². The maximum Gasteiger partial charge on any atom is 0.263 e. The first-order valence-electron chi connectivity index (χ1n) is 6.63. The lowest BCUT2D eigenvalue weighted by atomic mass is 10.3. The third kappa shape index (κ3) is 3.78. The number of sulfonamides is 1. The second-order valence-corrected chi connectivity index (χ2v) is 8.79. The molecule has 3 N–H and O–H groups in total. The van der Waals surface area contributed by atoms with Crippen LogP contribution in [0.1, 0.15) is 16.6 Å². The van der Waals surface area contributed by atoms with E-state index in [1.165, 1.54) is 10.4 Å². The maximum absolute atomic E-state index is 12.6. The van der Waals surface area contributed by atoms with Crippen molar-refractivity contribution < 1.29 is 13.2 Å². The van der Waals surface area contributed by atoms with Gasteiger partial charge in [0.05, 0.1) is 0 Å². The predicted molar refractivity (Wildman–Crippen MR) is 86.4 cm³/mol. The van der Waals surface area contributed by atoms with E-state index in [1.54, 1.807) is 24.1 Å². The van der Waals surface area contributed by atoms with Gasteiger partial charge in [-0.05, 0) is 18.4 Å². The Kier molecular flexibility index (Phi) is 5.67. The topological polar surface area (TPSA) is 92.5 Å². The lowest BCUT2D eigenvalue weighted by Crippen LogP contribution is -2.40. The highest BCUT2D eigenvalue weighted by atomic mass is 32.2. The van der Waals surface area contributed by atoms with E-state index in [4.69, 9.17) is 5.73 Å². The summed E-state index contributed by atoms with van der Waals surface area (Å²) in [7, 11) is -3.60. The van der Waals surface area contributed by atoms with Gasteiger partial charge in [0.15, 0.2) is 0 Å². The molecule has 1 atom stereocenters. The number of amides is 1. The lowest BCUT2D eigenvalue weighted by Gasteiger charge is -2.25. The molecule has 0 aromatic carbocycles. The number of thioether (sulfide) groups is 1. The van der Waals surface area contributed by atoms with Crippen LogP contribution in [0.4, 0.5) is 0 Å². The van der Waals surface area contributed by atoms with E-state index in [0.717, 1.165) is 22.8 Å². The molecule has 0 spiro atoms. The Balaban J connectivity index is 2.24. The van der Waals surface area contributed by atoms with E-state index in [0.29, 0.717) is 19.6 Å². The number of nitrogens with two attached hydrogens (primary N) is 1. The first kappa shape index (κ1) is 16.8. The van der Waals surface area contributed by atoms with Crippen molar-refractivity contribution in [3.63, 3.8) is 0 Å². The highest BCUT2D eigenvalue weighted by Gasteiger charge is 2.31. The molecule has 2 rings (SSSR count). The molecular weight excluding hydrogens is 330 g/mol. The molecule has 0 unspecified atom stereocenters. The number of carbonyl (C=O) groups is 1. The molecule has 1 amide bonds. The van der Waals surface area contributed by atoms with E-state index in [-0.39, 0.29) is 21.7 Å². The molecule has 1 aliphatic rings. The average molecular weight is 350 g/mol. The van der Waals surface area contributed by atoms with Crippen molar-refractivity contribution in [2.24, 2.45) is 5.73 Å². The van der Waals surface area contributed by atoms with Crippen LogP contribution in [0, 0.1) is 0 Å². The molecule has 21 heavy (non-hydrogen) atoms. The van der Waals surface area contributed by atoms with Gasteiger partial charge in [0.2, 0.25) is 10.0 Å². The molecule has 1 aliphatic heterocycles. The second kappa shape index (κ2) is 7.10. The van der Waals surface area contributed by atoms with Crippen molar-refractivity contribution in [3.8, 4) is 0 Å².